The van der Waals surface area contributed by atoms with Crippen molar-refractivity contribution in [2.75, 3.05) is 13.2 Å². The van der Waals surface area contributed by atoms with E-state index in [0.29, 0.717) is 18.4 Å². The molecule has 1 aromatic rings. The van der Waals surface area contributed by atoms with Gasteiger partial charge in [-0.15, -0.1) is 0 Å². The Bertz CT molecular complexity index is 501. The van der Waals surface area contributed by atoms with E-state index in [-0.39, 0.29) is 12.5 Å². The van der Waals surface area contributed by atoms with Crippen LogP contribution in [0.5, 0.6) is 0 Å². The molecule has 1 aromatic carbocycles. The predicted molar refractivity (Wildman–Crippen MR) is 77.2 cm³/mol. The van der Waals surface area contributed by atoms with Crippen molar-refractivity contribution in [3.8, 4) is 0 Å². The van der Waals surface area contributed by atoms with Gasteiger partial charge in [-0.1, -0.05) is 12.5 Å². The van der Waals surface area contributed by atoms with Crippen molar-refractivity contribution in [1.82, 2.24) is 10.6 Å². The number of rotatable bonds is 4. The van der Waals surface area contributed by atoms with E-state index >= 15 is 0 Å². The van der Waals surface area contributed by atoms with Crippen molar-refractivity contribution in [1.29, 1.82) is 0 Å². The summed E-state index contributed by atoms with van der Waals surface area (Å²) in [5, 5.41) is 15.6. The van der Waals surface area contributed by atoms with E-state index in [1.165, 1.54) is 11.1 Å². The topological polar surface area (TPSA) is 61.4 Å². The van der Waals surface area contributed by atoms with Crippen LogP contribution in [0, 0.1) is 11.8 Å². The molecule has 108 valence electrons. The van der Waals surface area contributed by atoms with E-state index < -0.39 is 0 Å². The van der Waals surface area contributed by atoms with Gasteiger partial charge in [0.1, 0.15) is 0 Å². The lowest BCUT2D eigenvalue weighted by molar-refractivity contribution is 0.0937. The van der Waals surface area contributed by atoms with Crippen LogP contribution in [0.15, 0.2) is 18.2 Å². The average Bonchev–Trinajstić information content (AvgIpc) is 3.12. The van der Waals surface area contributed by atoms with Crippen LogP contribution in [0.25, 0.3) is 0 Å². The Morgan fingerprint density at radius 1 is 1.25 bits per heavy atom. The maximum absolute atomic E-state index is 12.2. The zero-order chi connectivity index (χ0) is 13.9. The fourth-order valence-electron chi connectivity index (χ4n) is 3.38. The first-order chi connectivity index (χ1) is 9.78. The molecule has 1 amide bonds. The molecule has 0 radical (unpaired) electrons. The maximum atomic E-state index is 12.2. The number of aliphatic hydroxyl groups is 1. The molecule has 1 heterocycles. The lowest BCUT2D eigenvalue weighted by atomic mass is 9.97. The third-order valence-corrected chi connectivity index (χ3v) is 4.68. The minimum Gasteiger partial charge on any atom is -0.396 e. The molecule has 3 N–H and O–H groups in total. The Morgan fingerprint density at radius 3 is 2.90 bits per heavy atom. The molecule has 0 bridgehead atoms. The average molecular weight is 274 g/mol. The highest BCUT2D eigenvalue weighted by molar-refractivity contribution is 5.94. The summed E-state index contributed by atoms with van der Waals surface area (Å²) in [4.78, 5) is 12.2. The van der Waals surface area contributed by atoms with Crippen LogP contribution in [-0.2, 0) is 13.1 Å². The molecule has 2 aliphatic rings. The number of carbonyl (C=O) groups excluding carboxylic acids is 1. The smallest absolute Gasteiger partial charge is 0.251 e. The summed E-state index contributed by atoms with van der Waals surface area (Å²) < 4.78 is 0. The summed E-state index contributed by atoms with van der Waals surface area (Å²) in [5.74, 6) is 0.794. The molecule has 4 heteroatoms. The number of nitrogens with one attached hydrogen (secondary N) is 2. The van der Waals surface area contributed by atoms with Gasteiger partial charge in [-0.25, -0.2) is 0 Å². The minimum absolute atomic E-state index is 0.00305. The largest absolute Gasteiger partial charge is 0.396 e. The highest BCUT2D eigenvalue weighted by atomic mass is 16.3. The number of benzene rings is 1. The predicted octanol–water partition coefficient (Wildman–Crippen LogP) is 1.43. The second-order valence-electron chi connectivity index (χ2n) is 5.93. The second kappa shape index (κ2) is 5.94. The minimum atomic E-state index is 0.00305. The van der Waals surface area contributed by atoms with Gasteiger partial charge in [0.2, 0.25) is 0 Å². The van der Waals surface area contributed by atoms with Crippen LogP contribution >= 0.6 is 0 Å². The van der Waals surface area contributed by atoms with Gasteiger partial charge in [0.05, 0.1) is 0 Å². The third kappa shape index (κ3) is 2.72. The molecule has 3 rings (SSSR count). The highest BCUT2D eigenvalue weighted by Gasteiger charge is 2.26. The summed E-state index contributed by atoms with van der Waals surface area (Å²) in [6, 6.07) is 5.93. The summed E-state index contributed by atoms with van der Waals surface area (Å²) in [6.07, 6.45) is 3.36. The molecule has 0 aromatic heterocycles. The van der Waals surface area contributed by atoms with Crippen LogP contribution < -0.4 is 10.6 Å². The van der Waals surface area contributed by atoms with Crippen LogP contribution in [0.3, 0.4) is 0 Å². The Kier molecular flexibility index (Phi) is 4.03. The van der Waals surface area contributed by atoms with E-state index in [1.54, 1.807) is 0 Å². The van der Waals surface area contributed by atoms with Crippen molar-refractivity contribution in [3.63, 3.8) is 0 Å². The van der Waals surface area contributed by atoms with Crippen LogP contribution in [0.4, 0.5) is 0 Å². The van der Waals surface area contributed by atoms with E-state index in [4.69, 9.17) is 0 Å². The van der Waals surface area contributed by atoms with Gasteiger partial charge in [0.25, 0.3) is 5.91 Å². The third-order valence-electron chi connectivity index (χ3n) is 4.68. The molecule has 0 spiro atoms. The monoisotopic (exact) mass is 274 g/mol. The number of amides is 1. The molecular weight excluding hydrogens is 252 g/mol. The lowest BCUT2D eigenvalue weighted by Gasteiger charge is -2.17. The van der Waals surface area contributed by atoms with Gasteiger partial charge in [-0.05, 0) is 47.9 Å². The highest BCUT2D eigenvalue weighted by Crippen LogP contribution is 2.30. The summed E-state index contributed by atoms with van der Waals surface area (Å²) in [6.45, 7) is 2.67. The SMILES string of the molecule is O=C(NCC1CCCC1CO)c1ccc2c(c1)CNC2. The molecular formula is C16H22N2O2. The zero-order valence-electron chi connectivity index (χ0n) is 11.7. The Hall–Kier alpha value is -1.39. The first-order valence-electron chi connectivity index (χ1n) is 7.49. The molecule has 1 fully saturated rings. The van der Waals surface area contributed by atoms with Gasteiger partial charge in [-0.3, -0.25) is 4.79 Å². The van der Waals surface area contributed by atoms with Crippen LogP contribution in [0.2, 0.25) is 0 Å². The van der Waals surface area contributed by atoms with Crippen LogP contribution in [-0.4, -0.2) is 24.2 Å². The van der Waals surface area contributed by atoms with Crippen molar-refractivity contribution in [3.05, 3.63) is 34.9 Å². The van der Waals surface area contributed by atoms with E-state index in [9.17, 15) is 9.90 Å². The van der Waals surface area contributed by atoms with Crippen molar-refractivity contribution in [2.45, 2.75) is 32.4 Å². The zero-order valence-corrected chi connectivity index (χ0v) is 11.7. The van der Waals surface area contributed by atoms with Crippen molar-refractivity contribution in [2.24, 2.45) is 11.8 Å². The lowest BCUT2D eigenvalue weighted by Crippen LogP contribution is -2.31. The molecule has 0 saturated heterocycles. The number of hydrogen-bond acceptors (Lipinski definition) is 3. The van der Waals surface area contributed by atoms with E-state index in [0.717, 1.165) is 37.9 Å². The van der Waals surface area contributed by atoms with E-state index in [2.05, 4.69) is 10.6 Å². The summed E-state index contributed by atoms with van der Waals surface area (Å²) in [5.41, 5.74) is 3.26. The van der Waals surface area contributed by atoms with Crippen molar-refractivity contribution < 1.29 is 9.90 Å². The first-order valence-corrected chi connectivity index (χ1v) is 7.49. The summed E-state index contributed by atoms with van der Waals surface area (Å²) >= 11 is 0. The Morgan fingerprint density at radius 2 is 2.05 bits per heavy atom. The van der Waals surface area contributed by atoms with Gasteiger partial charge < -0.3 is 15.7 Å². The molecule has 2 unspecified atom stereocenters. The fraction of sp³-hybridized carbons (Fsp3) is 0.562. The first kappa shape index (κ1) is 13.6. The summed E-state index contributed by atoms with van der Waals surface area (Å²) in [7, 11) is 0. The molecule has 4 nitrogen and oxygen atoms in total. The maximum Gasteiger partial charge on any atom is 0.251 e. The standard InChI is InChI=1S/C16H22N2O2/c19-10-14-3-1-2-12(14)9-18-16(20)11-4-5-13-7-17-8-15(13)6-11/h4-6,12,14,17,19H,1-3,7-10H2,(H,18,20). The Balaban J connectivity index is 1.59. The number of fused-ring (bicyclic) bond motifs is 1. The quantitative estimate of drug-likeness (QED) is 0.778. The van der Waals surface area contributed by atoms with Gasteiger partial charge in [0, 0.05) is 31.8 Å². The van der Waals surface area contributed by atoms with Gasteiger partial charge in [-0.2, -0.15) is 0 Å². The molecule has 20 heavy (non-hydrogen) atoms. The number of carbonyl (C=O) groups is 1. The fourth-order valence-corrected chi connectivity index (χ4v) is 3.38. The molecule has 2 atom stereocenters. The number of aliphatic hydroxyl groups excluding tert-OH is 1. The molecule has 1 aliphatic carbocycles. The normalized spacial score (nSPS) is 24.6. The van der Waals surface area contributed by atoms with E-state index in [1.807, 2.05) is 18.2 Å². The van der Waals surface area contributed by atoms with Crippen LogP contribution in [0.1, 0.15) is 40.7 Å². The van der Waals surface area contributed by atoms with Gasteiger partial charge >= 0.3 is 0 Å². The Labute approximate surface area is 119 Å². The second-order valence-corrected chi connectivity index (χ2v) is 5.93. The van der Waals surface area contributed by atoms with Crippen molar-refractivity contribution >= 4 is 5.91 Å². The molecule has 1 saturated carbocycles. The molecule has 1 aliphatic heterocycles. The number of hydrogen-bond donors (Lipinski definition) is 3. The van der Waals surface area contributed by atoms with Gasteiger partial charge in [0.15, 0.2) is 0 Å².